The Kier molecular flexibility index (Phi) is 3.17. The van der Waals surface area contributed by atoms with Gasteiger partial charge in [0.2, 0.25) is 0 Å². The van der Waals surface area contributed by atoms with Gasteiger partial charge in [-0.3, -0.25) is 14.0 Å². The van der Waals surface area contributed by atoms with Crippen LogP contribution in [0, 0.1) is 0 Å². The average molecular weight is 287 g/mol. The van der Waals surface area contributed by atoms with Crippen LogP contribution < -0.4 is 5.56 Å². The number of nitrogens with zero attached hydrogens (tertiary/aromatic N) is 3. The first-order valence-corrected chi connectivity index (χ1v) is 6.60. The third kappa shape index (κ3) is 2.16. The van der Waals surface area contributed by atoms with Crippen LogP contribution in [-0.4, -0.2) is 43.9 Å². The summed E-state index contributed by atoms with van der Waals surface area (Å²) >= 11 is 0. The fourth-order valence-electron chi connectivity index (χ4n) is 2.59. The third-order valence-corrected chi connectivity index (χ3v) is 3.64. The number of hydrogen-bond donors (Lipinski definition) is 1. The zero-order valence-corrected chi connectivity index (χ0v) is 11.1. The maximum Gasteiger partial charge on any atom is 0.326 e. The second-order valence-corrected chi connectivity index (χ2v) is 4.90. The summed E-state index contributed by atoms with van der Waals surface area (Å²) in [4.78, 5) is 41.2. The molecule has 1 N–H and O–H groups in total. The van der Waals surface area contributed by atoms with Crippen molar-refractivity contribution in [3.05, 3.63) is 46.5 Å². The minimum absolute atomic E-state index is 0.105. The van der Waals surface area contributed by atoms with E-state index < -0.39 is 23.5 Å². The molecule has 7 nitrogen and oxygen atoms in total. The summed E-state index contributed by atoms with van der Waals surface area (Å²) in [6.45, 7) is 0.340. The first-order chi connectivity index (χ1) is 10.1. The van der Waals surface area contributed by atoms with Crippen molar-refractivity contribution in [1.82, 2.24) is 14.3 Å². The Balaban J connectivity index is 2.04. The molecule has 2 aromatic heterocycles. The number of carbonyl (C=O) groups is 2. The summed E-state index contributed by atoms with van der Waals surface area (Å²) in [6.07, 6.45) is 3.77. The molecule has 1 aliphatic heterocycles. The second kappa shape index (κ2) is 5.01. The van der Waals surface area contributed by atoms with Crippen LogP contribution in [-0.2, 0) is 4.79 Å². The number of hydrogen-bond acceptors (Lipinski definition) is 4. The van der Waals surface area contributed by atoms with E-state index in [0.717, 1.165) is 0 Å². The zero-order valence-electron chi connectivity index (χ0n) is 11.1. The van der Waals surface area contributed by atoms with Crippen LogP contribution in [0.4, 0.5) is 0 Å². The molecular weight excluding hydrogens is 274 g/mol. The molecule has 0 bridgehead atoms. The summed E-state index contributed by atoms with van der Waals surface area (Å²) in [6, 6.07) is 4.20. The van der Waals surface area contributed by atoms with E-state index in [4.69, 9.17) is 5.11 Å². The molecule has 0 aliphatic carbocycles. The summed E-state index contributed by atoms with van der Waals surface area (Å²) in [5.74, 6) is -1.62. The maximum absolute atomic E-state index is 12.4. The Morgan fingerprint density at radius 1 is 1.33 bits per heavy atom. The van der Waals surface area contributed by atoms with Crippen molar-refractivity contribution in [2.24, 2.45) is 0 Å². The number of fused-ring (bicyclic) bond motifs is 1. The number of aromatic nitrogens is 2. The van der Waals surface area contributed by atoms with Crippen LogP contribution in [0.5, 0.6) is 0 Å². The van der Waals surface area contributed by atoms with E-state index in [2.05, 4.69) is 4.98 Å². The van der Waals surface area contributed by atoms with Gasteiger partial charge < -0.3 is 10.0 Å². The molecule has 3 heterocycles. The number of likely N-dealkylation sites (tertiary alicyclic amines) is 1. The lowest BCUT2D eigenvalue weighted by molar-refractivity contribution is -0.141. The summed E-state index contributed by atoms with van der Waals surface area (Å²) in [5, 5.41) is 9.13. The fourth-order valence-corrected chi connectivity index (χ4v) is 2.59. The monoisotopic (exact) mass is 287 g/mol. The van der Waals surface area contributed by atoms with E-state index in [1.54, 1.807) is 18.2 Å². The molecule has 1 amide bonds. The van der Waals surface area contributed by atoms with E-state index in [0.29, 0.717) is 25.0 Å². The molecule has 0 saturated carbocycles. The van der Waals surface area contributed by atoms with Gasteiger partial charge in [-0.25, -0.2) is 9.78 Å². The normalized spacial score (nSPS) is 18.1. The SMILES string of the molecule is O=C(O)[C@H]1CCCN1C(=O)c1cnc2ccccn2c1=O. The largest absolute Gasteiger partial charge is 0.480 e. The Hall–Kier alpha value is -2.70. The quantitative estimate of drug-likeness (QED) is 0.862. The number of aliphatic carboxylic acids is 1. The molecule has 0 aromatic carbocycles. The molecule has 2 aromatic rings. The predicted molar refractivity (Wildman–Crippen MR) is 73.2 cm³/mol. The van der Waals surface area contributed by atoms with E-state index in [1.165, 1.54) is 21.7 Å². The molecule has 21 heavy (non-hydrogen) atoms. The van der Waals surface area contributed by atoms with Crippen molar-refractivity contribution in [1.29, 1.82) is 0 Å². The molecule has 1 aliphatic rings. The maximum atomic E-state index is 12.4. The molecule has 3 rings (SSSR count). The molecule has 108 valence electrons. The predicted octanol–water partition coefficient (Wildman–Crippen LogP) is 0.384. The Morgan fingerprint density at radius 2 is 2.14 bits per heavy atom. The molecule has 0 spiro atoms. The molecule has 1 atom stereocenters. The van der Waals surface area contributed by atoms with Gasteiger partial charge >= 0.3 is 5.97 Å². The Bertz CT molecular complexity index is 783. The van der Waals surface area contributed by atoms with Crippen molar-refractivity contribution in [3.8, 4) is 0 Å². The summed E-state index contributed by atoms with van der Waals surface area (Å²) in [5.41, 5.74) is -0.149. The van der Waals surface area contributed by atoms with Crippen LogP contribution in [0.15, 0.2) is 35.4 Å². The van der Waals surface area contributed by atoms with E-state index in [-0.39, 0.29) is 5.56 Å². The number of carbonyl (C=O) groups excluding carboxylic acids is 1. The summed E-state index contributed by atoms with van der Waals surface area (Å²) in [7, 11) is 0. The number of rotatable bonds is 2. The van der Waals surface area contributed by atoms with Gasteiger partial charge in [0.1, 0.15) is 17.3 Å². The van der Waals surface area contributed by atoms with Gasteiger partial charge in [-0.2, -0.15) is 0 Å². The first kappa shape index (κ1) is 13.3. The average Bonchev–Trinajstić information content (AvgIpc) is 2.97. The second-order valence-electron chi connectivity index (χ2n) is 4.90. The van der Waals surface area contributed by atoms with Gasteiger partial charge in [0, 0.05) is 18.9 Å². The minimum atomic E-state index is -1.05. The van der Waals surface area contributed by atoms with E-state index in [9.17, 15) is 14.4 Å². The van der Waals surface area contributed by atoms with Crippen molar-refractivity contribution in [2.75, 3.05) is 6.54 Å². The smallest absolute Gasteiger partial charge is 0.326 e. The molecule has 7 heteroatoms. The number of amides is 1. The van der Waals surface area contributed by atoms with Crippen molar-refractivity contribution in [3.63, 3.8) is 0 Å². The highest BCUT2D eigenvalue weighted by Crippen LogP contribution is 2.19. The Labute approximate surface area is 119 Å². The van der Waals surface area contributed by atoms with Crippen LogP contribution in [0.25, 0.3) is 5.65 Å². The molecule has 0 radical (unpaired) electrons. The highest BCUT2D eigenvalue weighted by atomic mass is 16.4. The number of carboxylic acids is 1. The van der Waals surface area contributed by atoms with Crippen molar-refractivity contribution < 1.29 is 14.7 Å². The van der Waals surface area contributed by atoms with Crippen LogP contribution >= 0.6 is 0 Å². The minimum Gasteiger partial charge on any atom is -0.480 e. The van der Waals surface area contributed by atoms with Gasteiger partial charge in [0.15, 0.2) is 0 Å². The molecule has 1 saturated heterocycles. The van der Waals surface area contributed by atoms with Gasteiger partial charge in [0.25, 0.3) is 11.5 Å². The van der Waals surface area contributed by atoms with Crippen molar-refractivity contribution in [2.45, 2.75) is 18.9 Å². The highest BCUT2D eigenvalue weighted by Gasteiger charge is 2.35. The molecule has 1 fully saturated rings. The lowest BCUT2D eigenvalue weighted by Crippen LogP contribution is -2.42. The standard InChI is InChI=1S/C14H13N3O4/c18-12(16-7-3-4-10(16)14(20)21)9-8-15-11-5-1-2-6-17(11)13(9)19/h1-2,5-6,8,10H,3-4,7H2,(H,20,21)/t10-/m1/s1. The topological polar surface area (TPSA) is 92.0 Å². The Morgan fingerprint density at radius 3 is 2.90 bits per heavy atom. The van der Waals surface area contributed by atoms with Crippen LogP contribution in [0.1, 0.15) is 23.2 Å². The van der Waals surface area contributed by atoms with E-state index >= 15 is 0 Å². The molecule has 0 unspecified atom stereocenters. The molecular formula is C14H13N3O4. The lowest BCUT2D eigenvalue weighted by Gasteiger charge is -2.20. The summed E-state index contributed by atoms with van der Waals surface area (Å²) < 4.78 is 1.28. The van der Waals surface area contributed by atoms with Gasteiger partial charge in [0.05, 0.1) is 0 Å². The van der Waals surface area contributed by atoms with Gasteiger partial charge in [-0.15, -0.1) is 0 Å². The van der Waals surface area contributed by atoms with Crippen LogP contribution in [0.2, 0.25) is 0 Å². The van der Waals surface area contributed by atoms with Gasteiger partial charge in [-0.05, 0) is 25.0 Å². The number of pyridine rings is 1. The first-order valence-electron chi connectivity index (χ1n) is 6.60. The van der Waals surface area contributed by atoms with E-state index in [1.807, 2.05) is 0 Å². The zero-order chi connectivity index (χ0) is 15.0. The number of carboxylic acid groups (broad SMARTS) is 1. The third-order valence-electron chi connectivity index (χ3n) is 3.64. The fraction of sp³-hybridized carbons (Fsp3) is 0.286. The van der Waals surface area contributed by atoms with Crippen LogP contribution in [0.3, 0.4) is 0 Å². The van der Waals surface area contributed by atoms with Gasteiger partial charge in [-0.1, -0.05) is 6.07 Å². The lowest BCUT2D eigenvalue weighted by atomic mass is 10.2. The van der Waals surface area contributed by atoms with Crippen molar-refractivity contribution >= 4 is 17.5 Å². The highest BCUT2D eigenvalue weighted by molar-refractivity contribution is 5.96.